The number of para-hydroxylation sites is 8. The van der Waals surface area contributed by atoms with Crippen molar-refractivity contribution in [1.29, 1.82) is 0 Å². The van der Waals surface area contributed by atoms with Crippen LogP contribution in [0.1, 0.15) is 0 Å². The van der Waals surface area contributed by atoms with Crippen LogP contribution >= 0.6 is 34.0 Å². The summed E-state index contributed by atoms with van der Waals surface area (Å²) in [6.45, 7) is 0. The SMILES string of the molecule is c1ccc(-c2nc(-c3ccc4c(c3)oc3ccccc34)nc(-c3cccc4oc5cccc(-c6nc7ccccc7s6)c5c34)n2)cc1.c1ccc(-c2nc(-c3cccc4c3oc3ccccc34)nc(-c3cccc4oc5cccc(-c6nc7ccccc7s6)c5c34)n2)cc1.c1ccc(-c2nc(-c3cccc4oc5cccc(-c6nc7ccccc7s6)c5c34)nc(-n3c4ccccc4c4ccccc43)n2)cc1. The second kappa shape index (κ2) is 33.2. The van der Waals surface area contributed by atoms with Gasteiger partial charge < -0.3 is 22.1 Å². The first kappa shape index (κ1) is 80.9. The summed E-state index contributed by atoms with van der Waals surface area (Å²) in [6.07, 6.45) is 0. The molecule has 12 heterocycles. The van der Waals surface area contributed by atoms with E-state index in [4.69, 9.17) is 81.9 Å². The van der Waals surface area contributed by atoms with E-state index in [1.807, 2.05) is 255 Å². The molecule has 0 saturated carbocycles. The molecule has 0 aliphatic heterocycles. The summed E-state index contributed by atoms with van der Waals surface area (Å²) < 4.78 is 37.6. The minimum atomic E-state index is 0.537. The van der Waals surface area contributed by atoms with E-state index in [0.717, 1.165) is 238 Å². The summed E-state index contributed by atoms with van der Waals surface area (Å²) in [5.41, 5.74) is 22.9. The number of benzene rings is 18. The summed E-state index contributed by atoms with van der Waals surface area (Å²) >= 11 is 5.04. The quantitative estimate of drug-likeness (QED) is 0.111. The van der Waals surface area contributed by atoms with E-state index in [-0.39, 0.29) is 0 Å². The average molecular weight is 1870 g/mol. The van der Waals surface area contributed by atoms with Crippen molar-refractivity contribution in [3.05, 3.63) is 406 Å². The minimum absolute atomic E-state index is 0.537. The fourth-order valence-corrected chi connectivity index (χ4v) is 22.6. The highest BCUT2D eigenvalue weighted by atomic mass is 32.1. The Bertz CT molecular complexity index is 10100. The Balaban J connectivity index is 0.000000104. The van der Waals surface area contributed by atoms with Gasteiger partial charge in [-0.25, -0.2) is 49.8 Å². The molecular weight excluding hydrogens is 1800 g/mol. The fraction of sp³-hybridized carbons (Fsp3) is 0. The molecule has 0 atom stereocenters. The van der Waals surface area contributed by atoms with Crippen molar-refractivity contribution < 1.29 is 22.1 Å². The van der Waals surface area contributed by atoms with E-state index >= 15 is 0 Å². The monoisotopic (exact) mass is 1870 g/mol. The Morgan fingerprint density at radius 2 is 0.461 bits per heavy atom. The van der Waals surface area contributed by atoms with E-state index in [1.165, 1.54) is 0 Å². The molecule has 0 N–H and O–H groups in total. The van der Waals surface area contributed by atoms with Crippen molar-refractivity contribution >= 4 is 196 Å². The molecule has 0 fully saturated rings. The van der Waals surface area contributed by atoms with E-state index in [0.29, 0.717) is 52.5 Å². The lowest BCUT2D eigenvalue weighted by molar-refractivity contribution is 0.668. The molecular formula is C120H67N13O5S3. The number of thiazole rings is 3. The van der Waals surface area contributed by atoms with Gasteiger partial charge in [-0.05, 0) is 115 Å². The predicted octanol–water partition coefficient (Wildman–Crippen LogP) is 32.4. The zero-order valence-corrected chi connectivity index (χ0v) is 76.7. The van der Waals surface area contributed by atoms with Crippen LogP contribution in [0.4, 0.5) is 0 Å². The number of nitrogens with zero attached hydrogens (tertiary/aromatic N) is 13. The predicted molar refractivity (Wildman–Crippen MR) is 570 cm³/mol. The maximum atomic E-state index is 6.48. The van der Waals surface area contributed by atoms with Gasteiger partial charge in [0, 0.05) is 120 Å². The summed E-state index contributed by atoms with van der Waals surface area (Å²) in [4.78, 5) is 60.9. The van der Waals surface area contributed by atoms with Crippen molar-refractivity contribution in [3.8, 4) is 129 Å². The van der Waals surface area contributed by atoms with E-state index in [9.17, 15) is 0 Å². The Morgan fingerprint density at radius 3 is 0.901 bits per heavy atom. The van der Waals surface area contributed by atoms with Gasteiger partial charge in [-0.1, -0.05) is 291 Å². The molecule has 0 aliphatic carbocycles. The number of furan rings is 5. The van der Waals surface area contributed by atoms with Gasteiger partial charge in [-0.2, -0.15) is 9.97 Å². The summed E-state index contributed by atoms with van der Waals surface area (Å²) in [5.74, 6) is 5.11. The fourth-order valence-electron chi connectivity index (χ4n) is 19.6. The lowest BCUT2D eigenvalue weighted by Crippen LogP contribution is -2.06. The Kier molecular flexibility index (Phi) is 19.0. The van der Waals surface area contributed by atoms with Crippen LogP contribution < -0.4 is 0 Å². The molecule has 12 aromatic heterocycles. The zero-order valence-electron chi connectivity index (χ0n) is 74.3. The first-order chi connectivity index (χ1) is 69.8. The standard InChI is InChI=1S/C40H23N5OS.2C40H22N4O2S/c1-2-12-24(13-3-1)37-42-38(44-40(43-37)45-30-19-7-4-14-25(30)26-15-5-8-20-31(26)45)27-16-10-21-32-35(27)36-28(17-11-22-33(36)46-32)39-41-29-18-6-9-23-34(29)47-39;1-2-11-23(12-3-1)37-42-38(44-39(43-37)28-17-8-14-25-24-13-4-6-19-30(24)46-36(25)28)26-15-9-20-31-34(26)35-27(16-10-21-32(35)45-31)40-41-29-18-5-7-22-33(29)47-40;1-2-10-23(11-3-1)37-42-38(24-20-21-26-25-12-4-6-16-30(25)45-33(26)22-24)44-39(43-37)27-13-8-17-31-35(27)36-28(14-9-18-32(36)46-31)40-41-29-15-5-7-19-34(29)47-40/h1-23H;2*1-22H. The molecule has 30 aromatic rings. The van der Waals surface area contributed by atoms with Crippen LogP contribution in [0.25, 0.3) is 291 Å². The van der Waals surface area contributed by atoms with E-state index in [2.05, 4.69) is 156 Å². The summed E-state index contributed by atoms with van der Waals surface area (Å²) in [7, 11) is 0. The molecule has 0 saturated heterocycles. The van der Waals surface area contributed by atoms with Crippen LogP contribution in [0.3, 0.4) is 0 Å². The van der Waals surface area contributed by atoms with E-state index < -0.39 is 0 Å². The number of aromatic nitrogens is 13. The lowest BCUT2D eigenvalue weighted by Gasteiger charge is -2.11. The van der Waals surface area contributed by atoms with Crippen LogP contribution in [-0.2, 0) is 0 Å². The van der Waals surface area contributed by atoms with Crippen molar-refractivity contribution in [2.75, 3.05) is 0 Å². The molecule has 0 bridgehead atoms. The second-order valence-corrected chi connectivity index (χ2v) is 37.4. The maximum Gasteiger partial charge on any atom is 0.238 e. The van der Waals surface area contributed by atoms with E-state index in [1.54, 1.807) is 34.0 Å². The first-order valence-corrected chi connectivity index (χ1v) is 48.5. The van der Waals surface area contributed by atoms with Crippen molar-refractivity contribution in [3.63, 3.8) is 0 Å². The molecule has 660 valence electrons. The highest BCUT2D eigenvalue weighted by Gasteiger charge is 2.29. The van der Waals surface area contributed by atoms with Gasteiger partial charge >= 0.3 is 0 Å². The molecule has 0 unspecified atom stereocenters. The molecule has 0 aliphatic rings. The molecule has 0 radical (unpaired) electrons. The molecule has 18 nitrogen and oxygen atoms in total. The van der Waals surface area contributed by atoms with Crippen molar-refractivity contribution in [2.45, 2.75) is 0 Å². The van der Waals surface area contributed by atoms with Crippen LogP contribution in [0.2, 0.25) is 0 Å². The maximum absolute atomic E-state index is 6.48. The van der Waals surface area contributed by atoms with Gasteiger partial charge in [0.1, 0.15) is 70.9 Å². The van der Waals surface area contributed by atoms with Gasteiger partial charge in [-0.15, -0.1) is 34.0 Å². The Morgan fingerprint density at radius 1 is 0.177 bits per heavy atom. The highest BCUT2D eigenvalue weighted by molar-refractivity contribution is 7.22. The third-order valence-electron chi connectivity index (χ3n) is 25.9. The second-order valence-electron chi connectivity index (χ2n) is 34.3. The zero-order chi connectivity index (χ0) is 92.7. The highest BCUT2D eigenvalue weighted by Crippen LogP contribution is 2.49. The van der Waals surface area contributed by atoms with Gasteiger partial charge in [0.05, 0.1) is 47.2 Å². The molecule has 0 spiro atoms. The lowest BCUT2D eigenvalue weighted by atomic mass is 10.0. The summed E-state index contributed by atoms with van der Waals surface area (Å²) in [5, 5.41) is 15.1. The third kappa shape index (κ3) is 13.9. The van der Waals surface area contributed by atoms with Crippen LogP contribution in [0.15, 0.2) is 429 Å². The van der Waals surface area contributed by atoms with Gasteiger partial charge in [-0.3, -0.25) is 4.57 Å². The summed E-state index contributed by atoms with van der Waals surface area (Å²) in [6, 6.07) is 137. The Hall–Kier alpha value is -18.5. The number of fused-ring (bicyclic) bond motifs is 21. The molecule has 21 heteroatoms. The number of hydrogen-bond acceptors (Lipinski definition) is 20. The van der Waals surface area contributed by atoms with Gasteiger partial charge in [0.25, 0.3) is 0 Å². The van der Waals surface area contributed by atoms with Crippen LogP contribution in [-0.4, -0.2) is 64.4 Å². The molecule has 30 rings (SSSR count). The largest absolute Gasteiger partial charge is 0.456 e. The van der Waals surface area contributed by atoms with Gasteiger partial charge in [0.2, 0.25) is 5.95 Å². The van der Waals surface area contributed by atoms with Crippen LogP contribution in [0.5, 0.6) is 0 Å². The van der Waals surface area contributed by atoms with Crippen molar-refractivity contribution in [2.24, 2.45) is 0 Å². The third-order valence-corrected chi connectivity index (χ3v) is 29.1. The average Bonchev–Trinajstić information content (AvgIpc) is 1.59. The van der Waals surface area contributed by atoms with Crippen molar-refractivity contribution in [1.82, 2.24) is 64.4 Å². The molecule has 18 aromatic carbocycles. The normalized spacial score (nSPS) is 11.8. The number of hydrogen-bond donors (Lipinski definition) is 0. The molecule has 0 amide bonds. The smallest absolute Gasteiger partial charge is 0.238 e. The van der Waals surface area contributed by atoms with Crippen LogP contribution in [0, 0.1) is 0 Å². The number of rotatable bonds is 12. The molecule has 141 heavy (non-hydrogen) atoms. The minimum Gasteiger partial charge on any atom is -0.456 e. The topological polar surface area (TPSA) is 225 Å². The van der Waals surface area contributed by atoms with Gasteiger partial charge in [0.15, 0.2) is 46.6 Å². The Labute approximate surface area is 811 Å². The first-order valence-electron chi connectivity index (χ1n) is 46.0.